The Hall–Kier alpha value is -3.37. The largest absolute Gasteiger partial charge is 0.487 e. The second kappa shape index (κ2) is 7.81. The van der Waals surface area contributed by atoms with Crippen LogP contribution in [0.2, 0.25) is 0 Å². The van der Waals surface area contributed by atoms with E-state index in [-0.39, 0.29) is 17.9 Å². The molecule has 1 saturated heterocycles. The van der Waals surface area contributed by atoms with Gasteiger partial charge in [0.1, 0.15) is 17.5 Å². The van der Waals surface area contributed by atoms with Crippen molar-refractivity contribution in [3.63, 3.8) is 0 Å². The number of nitrogens with zero attached hydrogens (tertiary/aromatic N) is 3. The lowest BCUT2D eigenvalue weighted by molar-refractivity contribution is -0.117. The van der Waals surface area contributed by atoms with Crippen molar-refractivity contribution in [1.82, 2.24) is 19.9 Å². The van der Waals surface area contributed by atoms with E-state index in [9.17, 15) is 4.79 Å². The minimum atomic E-state index is 0.0522. The molecular weight excluding hydrogens is 378 g/mol. The summed E-state index contributed by atoms with van der Waals surface area (Å²) in [6, 6.07) is 7.88. The van der Waals surface area contributed by atoms with E-state index in [2.05, 4.69) is 32.6 Å². The van der Waals surface area contributed by atoms with Crippen LogP contribution in [-0.4, -0.2) is 39.7 Å². The molecule has 1 amide bonds. The molecule has 0 bridgehead atoms. The van der Waals surface area contributed by atoms with Gasteiger partial charge >= 0.3 is 0 Å². The third-order valence-electron chi connectivity index (χ3n) is 5.40. The molecule has 4 heterocycles. The van der Waals surface area contributed by atoms with Crippen LogP contribution in [-0.2, 0) is 4.79 Å². The predicted octanol–water partition coefficient (Wildman–Crippen LogP) is 2.86. The highest BCUT2D eigenvalue weighted by atomic mass is 16.5. The number of ether oxygens (including phenoxy) is 1. The number of amides is 1. The molecule has 0 unspecified atom stereocenters. The van der Waals surface area contributed by atoms with Crippen LogP contribution in [0.5, 0.6) is 5.75 Å². The Bertz CT molecular complexity index is 1160. The Morgan fingerprint density at radius 1 is 1.30 bits per heavy atom. The molecule has 0 radical (unpaired) electrons. The van der Waals surface area contributed by atoms with E-state index in [1.807, 2.05) is 30.5 Å². The fourth-order valence-corrected chi connectivity index (χ4v) is 3.66. The Kier molecular flexibility index (Phi) is 4.85. The number of carbonyl (C=O) groups excluding carboxylic acids is 1. The van der Waals surface area contributed by atoms with Gasteiger partial charge in [-0.15, -0.1) is 0 Å². The molecule has 7 nitrogen and oxygen atoms in total. The van der Waals surface area contributed by atoms with Gasteiger partial charge in [0.2, 0.25) is 5.91 Å². The number of rotatable bonds is 5. The predicted molar refractivity (Wildman–Crippen MR) is 114 cm³/mol. The first kappa shape index (κ1) is 18.6. The van der Waals surface area contributed by atoms with Crippen LogP contribution < -0.4 is 15.4 Å². The molecule has 1 atom stereocenters. The topological polar surface area (TPSA) is 80.5 Å². The maximum Gasteiger partial charge on any atom is 0.228 e. The Balaban J connectivity index is 1.49. The molecule has 7 heteroatoms. The Labute approximate surface area is 174 Å². The van der Waals surface area contributed by atoms with E-state index in [1.54, 1.807) is 17.6 Å². The normalized spacial score (nSPS) is 18.1. The van der Waals surface area contributed by atoms with Gasteiger partial charge in [-0.05, 0) is 62.4 Å². The standard InChI is InChI=1S/C23H23N5O2/c1-2-3-17-11-20(21(14-25-17)30-19-6-8-24-13-19)16-7-9-28-18(10-16)12-22(27-28)26-23(29)15-4-5-15/h7,9-12,14-15,19,24H,4-6,8,13H2,1H3,(H,26,27,29)/t19-/m0/s1. The molecular formula is C23H23N5O2. The summed E-state index contributed by atoms with van der Waals surface area (Å²) >= 11 is 0. The van der Waals surface area contributed by atoms with Gasteiger partial charge in [0.25, 0.3) is 0 Å². The quantitative estimate of drug-likeness (QED) is 0.643. The number of pyridine rings is 2. The molecule has 3 aromatic heterocycles. The van der Waals surface area contributed by atoms with Crippen molar-refractivity contribution in [3.05, 3.63) is 42.4 Å². The number of fused-ring (bicyclic) bond motifs is 1. The van der Waals surface area contributed by atoms with Crippen LogP contribution in [0.25, 0.3) is 16.6 Å². The fourth-order valence-electron chi connectivity index (χ4n) is 3.66. The van der Waals surface area contributed by atoms with Crippen molar-refractivity contribution >= 4 is 17.2 Å². The Morgan fingerprint density at radius 3 is 2.97 bits per heavy atom. The summed E-state index contributed by atoms with van der Waals surface area (Å²) in [4.78, 5) is 16.5. The van der Waals surface area contributed by atoms with Crippen molar-refractivity contribution in [2.24, 2.45) is 5.92 Å². The van der Waals surface area contributed by atoms with E-state index in [1.165, 1.54) is 0 Å². The van der Waals surface area contributed by atoms with Crippen LogP contribution in [0, 0.1) is 17.8 Å². The monoisotopic (exact) mass is 401 g/mol. The molecule has 2 aliphatic rings. The molecule has 2 N–H and O–H groups in total. The number of anilines is 1. The lowest BCUT2D eigenvalue weighted by Crippen LogP contribution is -2.20. The van der Waals surface area contributed by atoms with Crippen LogP contribution in [0.1, 0.15) is 31.9 Å². The summed E-state index contributed by atoms with van der Waals surface area (Å²) in [7, 11) is 0. The van der Waals surface area contributed by atoms with E-state index in [0.29, 0.717) is 11.5 Å². The Morgan fingerprint density at radius 2 is 2.20 bits per heavy atom. The minimum Gasteiger partial charge on any atom is -0.487 e. The maximum absolute atomic E-state index is 12.0. The van der Waals surface area contributed by atoms with E-state index in [4.69, 9.17) is 4.74 Å². The summed E-state index contributed by atoms with van der Waals surface area (Å²) in [6.07, 6.45) is 6.69. The van der Waals surface area contributed by atoms with Gasteiger partial charge in [0.15, 0.2) is 5.82 Å². The summed E-state index contributed by atoms with van der Waals surface area (Å²) in [5, 5.41) is 10.7. The first-order valence-electron chi connectivity index (χ1n) is 10.3. The van der Waals surface area contributed by atoms with Gasteiger partial charge in [0.05, 0.1) is 11.7 Å². The molecule has 0 spiro atoms. The first-order chi connectivity index (χ1) is 14.7. The SMILES string of the molecule is CC#Cc1cc(-c2ccn3nc(NC(=O)C4CC4)cc3c2)c(O[C@H]2CCNC2)cn1. The molecule has 1 aliphatic carbocycles. The second-order valence-electron chi connectivity index (χ2n) is 7.75. The number of hydrogen-bond donors (Lipinski definition) is 2. The fraction of sp³-hybridized carbons (Fsp3) is 0.348. The highest BCUT2D eigenvalue weighted by Crippen LogP contribution is 2.33. The average Bonchev–Trinajstić information content (AvgIpc) is 3.33. The number of hydrogen-bond acceptors (Lipinski definition) is 5. The second-order valence-corrected chi connectivity index (χ2v) is 7.75. The van der Waals surface area contributed by atoms with Crippen LogP contribution in [0.4, 0.5) is 5.82 Å². The van der Waals surface area contributed by atoms with Crippen LogP contribution >= 0.6 is 0 Å². The summed E-state index contributed by atoms with van der Waals surface area (Å²) in [5.41, 5.74) is 3.54. The zero-order valence-electron chi connectivity index (χ0n) is 16.8. The van der Waals surface area contributed by atoms with Crippen molar-refractivity contribution in [1.29, 1.82) is 0 Å². The first-order valence-corrected chi connectivity index (χ1v) is 10.3. The maximum atomic E-state index is 12.0. The molecule has 1 aliphatic heterocycles. The van der Waals surface area contributed by atoms with Gasteiger partial charge in [-0.25, -0.2) is 9.50 Å². The molecule has 30 heavy (non-hydrogen) atoms. The van der Waals surface area contributed by atoms with Crippen molar-refractivity contribution in [3.8, 4) is 28.7 Å². The smallest absolute Gasteiger partial charge is 0.228 e. The molecule has 5 rings (SSSR count). The van der Waals surface area contributed by atoms with E-state index >= 15 is 0 Å². The number of nitrogens with one attached hydrogen (secondary N) is 2. The third kappa shape index (κ3) is 3.87. The summed E-state index contributed by atoms with van der Waals surface area (Å²) in [5.74, 6) is 7.44. The molecule has 3 aromatic rings. The number of carbonyl (C=O) groups is 1. The van der Waals surface area contributed by atoms with Crippen molar-refractivity contribution in [2.75, 3.05) is 18.4 Å². The van der Waals surface area contributed by atoms with Crippen LogP contribution in [0.3, 0.4) is 0 Å². The van der Waals surface area contributed by atoms with Crippen molar-refractivity contribution in [2.45, 2.75) is 32.3 Å². The van der Waals surface area contributed by atoms with Crippen LogP contribution in [0.15, 0.2) is 36.7 Å². The minimum absolute atomic E-state index is 0.0522. The van der Waals surface area contributed by atoms with E-state index < -0.39 is 0 Å². The molecule has 1 saturated carbocycles. The number of aromatic nitrogens is 3. The van der Waals surface area contributed by atoms with Crippen molar-refractivity contribution < 1.29 is 9.53 Å². The van der Waals surface area contributed by atoms with E-state index in [0.717, 1.165) is 54.7 Å². The highest BCUT2D eigenvalue weighted by Gasteiger charge is 2.30. The summed E-state index contributed by atoms with van der Waals surface area (Å²) in [6.45, 7) is 3.59. The highest BCUT2D eigenvalue weighted by molar-refractivity contribution is 5.93. The molecule has 152 valence electrons. The zero-order chi connectivity index (χ0) is 20.5. The molecule has 0 aromatic carbocycles. The van der Waals surface area contributed by atoms with Gasteiger partial charge in [-0.1, -0.05) is 5.92 Å². The van der Waals surface area contributed by atoms with Gasteiger partial charge in [-0.2, -0.15) is 5.10 Å². The summed E-state index contributed by atoms with van der Waals surface area (Å²) < 4.78 is 8.01. The zero-order valence-corrected chi connectivity index (χ0v) is 16.8. The average molecular weight is 401 g/mol. The lowest BCUT2D eigenvalue weighted by atomic mass is 10.1. The molecule has 2 fully saturated rings. The van der Waals surface area contributed by atoms with Gasteiger partial charge in [-0.3, -0.25) is 4.79 Å². The van der Waals surface area contributed by atoms with Gasteiger partial charge in [0, 0.05) is 30.3 Å². The van der Waals surface area contributed by atoms with Gasteiger partial charge < -0.3 is 15.4 Å². The third-order valence-corrected chi connectivity index (χ3v) is 5.40. The lowest BCUT2D eigenvalue weighted by Gasteiger charge is -2.16.